The van der Waals surface area contributed by atoms with E-state index in [4.69, 9.17) is 32.9 Å². The summed E-state index contributed by atoms with van der Waals surface area (Å²) in [5.74, 6) is 0.489. The van der Waals surface area contributed by atoms with E-state index in [1.807, 2.05) is 10.7 Å². The minimum absolute atomic E-state index is 0.0303. The molecule has 3 aromatic rings. The quantitative estimate of drug-likeness (QED) is 0.601. The molecule has 10 heteroatoms. The maximum Gasteiger partial charge on any atom is 0.227 e. The first-order valence-corrected chi connectivity index (χ1v) is 11.8. The predicted molar refractivity (Wildman–Crippen MR) is 126 cm³/mol. The third-order valence-corrected chi connectivity index (χ3v) is 7.55. The molecule has 3 aliphatic rings. The van der Waals surface area contributed by atoms with Crippen molar-refractivity contribution in [3.8, 4) is 0 Å². The van der Waals surface area contributed by atoms with Gasteiger partial charge in [0.1, 0.15) is 0 Å². The van der Waals surface area contributed by atoms with Crippen molar-refractivity contribution < 1.29 is 4.74 Å². The van der Waals surface area contributed by atoms with E-state index in [-0.39, 0.29) is 5.54 Å². The molecule has 1 aliphatic carbocycles. The molecule has 0 spiro atoms. The molecule has 168 valence electrons. The van der Waals surface area contributed by atoms with Gasteiger partial charge in [0.25, 0.3) is 0 Å². The Bertz CT molecular complexity index is 1170. The summed E-state index contributed by atoms with van der Waals surface area (Å²) in [7, 11) is 0. The highest BCUT2D eigenvalue weighted by molar-refractivity contribution is 6.34. The standard InChI is InChI=1S/C22H25Cl2N7O/c1-22(2-3-22)31-20(24)18(11-26-31)28-21-25-10-14-8-16(23)19(9-17(14)27-21)30-6-4-29(5-7-30)15-12-32-13-15/h8-11,15H,2-7,12-13H2,1H3,(H,25,27,28). The highest BCUT2D eigenvalue weighted by Gasteiger charge is 2.42. The van der Waals surface area contributed by atoms with Crippen LogP contribution < -0.4 is 10.2 Å². The Kier molecular flexibility index (Phi) is 4.94. The van der Waals surface area contributed by atoms with Gasteiger partial charge in [0.15, 0.2) is 5.15 Å². The van der Waals surface area contributed by atoms with E-state index < -0.39 is 0 Å². The molecule has 0 unspecified atom stereocenters. The lowest BCUT2D eigenvalue weighted by Crippen LogP contribution is -2.56. The summed E-state index contributed by atoms with van der Waals surface area (Å²) in [5, 5.41) is 9.90. The predicted octanol–water partition coefficient (Wildman–Crippen LogP) is 3.91. The molecule has 8 nitrogen and oxygen atoms in total. The second-order valence-electron chi connectivity index (χ2n) is 9.15. The van der Waals surface area contributed by atoms with Crippen molar-refractivity contribution in [1.29, 1.82) is 0 Å². The van der Waals surface area contributed by atoms with Crippen molar-refractivity contribution in [3.63, 3.8) is 0 Å². The fourth-order valence-corrected chi connectivity index (χ4v) is 5.05. The molecule has 32 heavy (non-hydrogen) atoms. The summed E-state index contributed by atoms with van der Waals surface area (Å²) in [5.41, 5.74) is 2.60. The number of hydrogen-bond donors (Lipinski definition) is 1. The molecule has 0 bridgehead atoms. The van der Waals surface area contributed by atoms with Gasteiger partial charge in [-0.1, -0.05) is 23.2 Å². The Hall–Kier alpha value is -2.13. The largest absolute Gasteiger partial charge is 0.378 e. The zero-order valence-corrected chi connectivity index (χ0v) is 19.4. The van der Waals surface area contributed by atoms with Gasteiger partial charge in [-0.25, -0.2) is 14.6 Å². The van der Waals surface area contributed by atoms with Crippen LogP contribution in [0.2, 0.25) is 10.2 Å². The number of rotatable bonds is 5. The number of benzene rings is 1. The summed E-state index contributed by atoms with van der Waals surface area (Å²) in [6, 6.07) is 4.58. The first-order chi connectivity index (χ1) is 15.5. The van der Waals surface area contributed by atoms with Crippen molar-refractivity contribution in [1.82, 2.24) is 24.6 Å². The summed E-state index contributed by atoms with van der Waals surface area (Å²) >= 11 is 13.2. The average molecular weight is 474 g/mol. The smallest absolute Gasteiger partial charge is 0.227 e. The first-order valence-electron chi connectivity index (χ1n) is 11.0. The minimum Gasteiger partial charge on any atom is -0.378 e. The second-order valence-corrected chi connectivity index (χ2v) is 9.92. The maximum atomic E-state index is 6.64. The molecule has 2 aromatic heterocycles. The van der Waals surface area contributed by atoms with Gasteiger partial charge >= 0.3 is 0 Å². The van der Waals surface area contributed by atoms with Crippen LogP contribution in [-0.2, 0) is 10.3 Å². The SMILES string of the molecule is CC1(n2ncc(Nc3ncc4cc(Cl)c(N5CCN(C6COC6)CC5)cc4n3)c2Cl)CC1. The Labute approximate surface area is 196 Å². The van der Waals surface area contributed by atoms with E-state index in [1.165, 1.54) is 0 Å². The van der Waals surface area contributed by atoms with Crippen LogP contribution in [0.4, 0.5) is 17.3 Å². The molecule has 3 fully saturated rings. The number of piperazine rings is 1. The monoisotopic (exact) mass is 473 g/mol. The van der Waals surface area contributed by atoms with Crippen LogP contribution in [0.5, 0.6) is 0 Å². The Morgan fingerprint density at radius 3 is 2.56 bits per heavy atom. The molecule has 2 saturated heterocycles. The van der Waals surface area contributed by atoms with Crippen LogP contribution in [0.15, 0.2) is 24.5 Å². The number of fused-ring (bicyclic) bond motifs is 1. The van der Waals surface area contributed by atoms with E-state index in [0.29, 0.717) is 22.8 Å². The van der Waals surface area contributed by atoms with E-state index in [2.05, 4.69) is 38.2 Å². The molecule has 6 rings (SSSR count). The highest BCUT2D eigenvalue weighted by atomic mass is 35.5. The number of aromatic nitrogens is 4. The number of nitrogens with zero attached hydrogens (tertiary/aromatic N) is 6. The normalized spacial score (nSPS) is 21.0. The van der Waals surface area contributed by atoms with Crippen LogP contribution in [0.1, 0.15) is 19.8 Å². The Morgan fingerprint density at radius 1 is 1.09 bits per heavy atom. The van der Waals surface area contributed by atoms with Gasteiger partial charge in [-0.2, -0.15) is 5.10 Å². The van der Waals surface area contributed by atoms with Crippen molar-refractivity contribution in [2.45, 2.75) is 31.3 Å². The second kappa shape index (κ2) is 7.73. The van der Waals surface area contributed by atoms with Crippen molar-refractivity contribution >= 4 is 51.4 Å². The lowest BCUT2D eigenvalue weighted by atomic mass is 10.1. The maximum absolute atomic E-state index is 6.64. The molecule has 1 N–H and O–H groups in total. The molecular formula is C22H25Cl2N7O. The van der Waals surface area contributed by atoms with Crippen molar-refractivity contribution in [3.05, 3.63) is 34.7 Å². The summed E-state index contributed by atoms with van der Waals surface area (Å²) < 4.78 is 7.22. The van der Waals surface area contributed by atoms with Crippen LogP contribution in [0, 0.1) is 0 Å². The fraction of sp³-hybridized carbons (Fsp3) is 0.500. The molecule has 0 radical (unpaired) electrons. The Balaban J connectivity index is 1.23. The topological polar surface area (TPSA) is 71.3 Å². The number of nitrogens with one attached hydrogen (secondary N) is 1. The van der Waals surface area contributed by atoms with E-state index in [1.54, 1.807) is 12.4 Å². The molecule has 1 saturated carbocycles. The number of anilines is 3. The average Bonchev–Trinajstić information content (AvgIpc) is 3.39. The van der Waals surface area contributed by atoms with E-state index in [9.17, 15) is 0 Å². The molecule has 2 aliphatic heterocycles. The van der Waals surface area contributed by atoms with Crippen LogP contribution in [0.3, 0.4) is 0 Å². The lowest BCUT2D eigenvalue weighted by Gasteiger charge is -2.43. The van der Waals surface area contributed by atoms with Crippen molar-refractivity contribution in [2.75, 3.05) is 49.6 Å². The van der Waals surface area contributed by atoms with Crippen molar-refractivity contribution in [2.24, 2.45) is 0 Å². The fourth-order valence-electron chi connectivity index (χ4n) is 4.41. The zero-order valence-electron chi connectivity index (χ0n) is 17.9. The lowest BCUT2D eigenvalue weighted by molar-refractivity contribution is -0.0660. The van der Waals surface area contributed by atoms with E-state index in [0.717, 1.165) is 73.8 Å². The third kappa shape index (κ3) is 3.59. The molecule has 0 atom stereocenters. The first kappa shape index (κ1) is 20.5. The summed E-state index contributed by atoms with van der Waals surface area (Å²) in [6.45, 7) is 7.77. The number of ether oxygens (including phenoxy) is 1. The van der Waals surface area contributed by atoms with Gasteiger partial charge in [-0.15, -0.1) is 0 Å². The molecular weight excluding hydrogens is 449 g/mol. The summed E-state index contributed by atoms with van der Waals surface area (Å²) in [4.78, 5) is 14.0. The van der Waals surface area contributed by atoms with Gasteiger partial charge in [0.2, 0.25) is 5.95 Å². The van der Waals surface area contributed by atoms with Gasteiger partial charge < -0.3 is 15.0 Å². The van der Waals surface area contributed by atoms with Gasteiger partial charge in [0, 0.05) is 37.8 Å². The van der Waals surface area contributed by atoms with Gasteiger partial charge in [-0.05, 0) is 31.9 Å². The number of hydrogen-bond acceptors (Lipinski definition) is 7. The third-order valence-electron chi connectivity index (χ3n) is 6.88. The summed E-state index contributed by atoms with van der Waals surface area (Å²) in [6.07, 6.45) is 5.70. The minimum atomic E-state index is 0.0303. The molecule has 1 aromatic carbocycles. The van der Waals surface area contributed by atoms with Crippen LogP contribution in [-0.4, -0.2) is 70.1 Å². The molecule has 4 heterocycles. The van der Waals surface area contributed by atoms with Crippen LogP contribution >= 0.6 is 23.2 Å². The Morgan fingerprint density at radius 2 is 1.88 bits per heavy atom. The molecule has 0 amide bonds. The van der Waals surface area contributed by atoms with Crippen LogP contribution in [0.25, 0.3) is 10.9 Å². The van der Waals surface area contributed by atoms with Gasteiger partial charge in [0.05, 0.1) is 52.9 Å². The number of halogens is 2. The van der Waals surface area contributed by atoms with E-state index >= 15 is 0 Å². The van der Waals surface area contributed by atoms with Gasteiger partial charge in [-0.3, -0.25) is 4.90 Å². The zero-order chi connectivity index (χ0) is 21.9. The highest BCUT2D eigenvalue weighted by Crippen LogP contribution is 2.45.